The fraction of sp³-hybridized carbons (Fsp3) is 0.583. The molecule has 1 aromatic rings. The number of rotatable bonds is 3. The predicted octanol–water partition coefficient (Wildman–Crippen LogP) is 0.812. The molecule has 0 unspecified atom stereocenters. The average Bonchev–Trinajstić information content (AvgIpc) is 2.39. The van der Waals surface area contributed by atoms with Crippen LogP contribution in [0.2, 0.25) is 0 Å². The zero-order valence-electron chi connectivity index (χ0n) is 11.2. The van der Waals surface area contributed by atoms with Gasteiger partial charge >= 0.3 is 0 Å². The first-order chi connectivity index (χ1) is 8.63. The van der Waals surface area contributed by atoms with Gasteiger partial charge in [-0.25, -0.2) is 9.97 Å². The number of hydrogen-bond donors (Lipinski definition) is 3. The molecule has 3 N–H and O–H groups in total. The van der Waals surface area contributed by atoms with E-state index in [4.69, 9.17) is 0 Å². The zero-order valence-corrected chi connectivity index (χ0v) is 12.0. The summed E-state index contributed by atoms with van der Waals surface area (Å²) >= 11 is 0. The van der Waals surface area contributed by atoms with Crippen LogP contribution >= 0.6 is 12.4 Å². The molecule has 6 nitrogen and oxygen atoms in total. The van der Waals surface area contributed by atoms with Gasteiger partial charge in [0.25, 0.3) is 5.91 Å². The van der Waals surface area contributed by atoms with Crippen LogP contribution in [-0.4, -0.2) is 41.6 Å². The van der Waals surface area contributed by atoms with Crippen molar-refractivity contribution in [1.82, 2.24) is 20.6 Å². The molecule has 7 heteroatoms. The monoisotopic (exact) mass is 285 g/mol. The van der Waals surface area contributed by atoms with Crippen LogP contribution in [0.15, 0.2) is 12.4 Å². The maximum atomic E-state index is 12.1. The van der Waals surface area contributed by atoms with Crippen molar-refractivity contribution in [1.29, 1.82) is 0 Å². The first-order valence-corrected chi connectivity index (χ1v) is 6.16. The Bertz CT molecular complexity index is 417. The molecule has 1 aromatic heterocycles. The summed E-state index contributed by atoms with van der Waals surface area (Å²) in [6.45, 7) is 3.95. The van der Waals surface area contributed by atoms with E-state index in [0.717, 1.165) is 25.9 Å². The molecule has 0 saturated carbocycles. The zero-order chi connectivity index (χ0) is 13.0. The Balaban J connectivity index is 0.00000180. The predicted molar refractivity (Wildman–Crippen MR) is 76.8 cm³/mol. The van der Waals surface area contributed by atoms with Gasteiger partial charge in [0.2, 0.25) is 5.95 Å². The highest BCUT2D eigenvalue weighted by Gasteiger charge is 2.28. The van der Waals surface area contributed by atoms with Gasteiger partial charge in [-0.15, -0.1) is 12.4 Å². The largest absolute Gasteiger partial charge is 0.357 e. The molecule has 1 saturated heterocycles. The Labute approximate surface area is 119 Å². The Hall–Kier alpha value is -1.40. The summed E-state index contributed by atoms with van der Waals surface area (Å²) in [5.74, 6) is 0.404. The smallest absolute Gasteiger partial charge is 0.254 e. The minimum absolute atomic E-state index is 0. The maximum Gasteiger partial charge on any atom is 0.254 e. The van der Waals surface area contributed by atoms with Gasteiger partial charge in [0, 0.05) is 25.0 Å². The SMILES string of the molecule is CNc1ncc(C(=O)NC2(C)CCNCC2)cn1.Cl. The Morgan fingerprint density at radius 1 is 1.32 bits per heavy atom. The minimum Gasteiger partial charge on any atom is -0.357 e. The highest BCUT2D eigenvalue weighted by Crippen LogP contribution is 2.17. The molecule has 0 atom stereocenters. The first kappa shape index (κ1) is 15.7. The van der Waals surface area contributed by atoms with E-state index in [1.807, 2.05) is 0 Å². The lowest BCUT2D eigenvalue weighted by Crippen LogP contribution is -2.52. The van der Waals surface area contributed by atoms with E-state index in [-0.39, 0.29) is 23.9 Å². The molecule has 2 rings (SSSR count). The third-order valence-electron chi connectivity index (χ3n) is 3.26. The average molecular weight is 286 g/mol. The molecule has 1 aliphatic rings. The van der Waals surface area contributed by atoms with Crippen LogP contribution in [0, 0.1) is 0 Å². The summed E-state index contributed by atoms with van der Waals surface area (Å²) in [5.41, 5.74) is 0.359. The lowest BCUT2D eigenvalue weighted by Gasteiger charge is -2.34. The lowest BCUT2D eigenvalue weighted by molar-refractivity contribution is 0.0887. The topological polar surface area (TPSA) is 78.9 Å². The lowest BCUT2D eigenvalue weighted by atomic mass is 9.90. The number of carbonyl (C=O) groups excluding carboxylic acids is 1. The fourth-order valence-corrected chi connectivity index (χ4v) is 2.02. The number of hydrogen-bond acceptors (Lipinski definition) is 5. The quantitative estimate of drug-likeness (QED) is 0.766. The summed E-state index contributed by atoms with van der Waals surface area (Å²) in [6.07, 6.45) is 4.96. The van der Waals surface area contributed by atoms with Crippen molar-refractivity contribution in [2.75, 3.05) is 25.5 Å². The van der Waals surface area contributed by atoms with Crippen molar-refractivity contribution < 1.29 is 4.79 Å². The van der Waals surface area contributed by atoms with E-state index in [0.29, 0.717) is 11.5 Å². The second-order valence-electron chi connectivity index (χ2n) is 4.81. The fourth-order valence-electron chi connectivity index (χ4n) is 2.02. The molecule has 1 fully saturated rings. The standard InChI is InChI=1S/C12H19N5O.ClH/c1-12(3-5-14-6-4-12)17-10(18)9-7-15-11(13-2)16-8-9;/h7-8,14H,3-6H2,1-2H3,(H,17,18)(H,13,15,16);1H. The van der Waals surface area contributed by atoms with Crippen molar-refractivity contribution in [2.24, 2.45) is 0 Å². The van der Waals surface area contributed by atoms with Gasteiger partial charge in [-0.2, -0.15) is 0 Å². The molecule has 0 bridgehead atoms. The molecule has 1 aliphatic heterocycles. The molecule has 0 aliphatic carbocycles. The number of halogens is 1. The van der Waals surface area contributed by atoms with Gasteiger partial charge in [0.05, 0.1) is 5.56 Å². The third kappa shape index (κ3) is 4.04. The summed E-state index contributed by atoms with van der Waals surface area (Å²) in [6, 6.07) is 0. The van der Waals surface area contributed by atoms with Crippen LogP contribution in [0.3, 0.4) is 0 Å². The normalized spacial score (nSPS) is 17.2. The highest BCUT2D eigenvalue weighted by atomic mass is 35.5. The molecule has 1 amide bonds. The minimum atomic E-state index is -0.135. The second kappa shape index (κ2) is 6.68. The van der Waals surface area contributed by atoms with E-state index in [9.17, 15) is 4.79 Å². The summed E-state index contributed by atoms with van der Waals surface area (Å²) in [4.78, 5) is 20.2. The van der Waals surface area contributed by atoms with E-state index >= 15 is 0 Å². The Morgan fingerprint density at radius 2 is 1.89 bits per heavy atom. The molecule has 0 aromatic carbocycles. The van der Waals surface area contributed by atoms with Crippen molar-refractivity contribution in [2.45, 2.75) is 25.3 Å². The van der Waals surface area contributed by atoms with Gasteiger partial charge in [-0.05, 0) is 32.9 Å². The van der Waals surface area contributed by atoms with Crippen molar-refractivity contribution in [3.05, 3.63) is 18.0 Å². The molecule has 2 heterocycles. The molecule has 106 valence electrons. The van der Waals surface area contributed by atoms with Crippen LogP contribution < -0.4 is 16.0 Å². The van der Waals surface area contributed by atoms with E-state index in [2.05, 4.69) is 32.8 Å². The molecular weight excluding hydrogens is 266 g/mol. The molecule has 0 radical (unpaired) electrons. The van der Waals surface area contributed by atoms with E-state index in [1.54, 1.807) is 19.4 Å². The summed E-state index contributed by atoms with van der Waals surface area (Å²) in [7, 11) is 1.74. The van der Waals surface area contributed by atoms with Gasteiger partial charge in [0.1, 0.15) is 0 Å². The number of carbonyl (C=O) groups is 1. The van der Waals surface area contributed by atoms with Gasteiger partial charge in [0.15, 0.2) is 0 Å². The van der Waals surface area contributed by atoms with Crippen molar-refractivity contribution in [3.63, 3.8) is 0 Å². The van der Waals surface area contributed by atoms with E-state index < -0.39 is 0 Å². The highest BCUT2D eigenvalue weighted by molar-refractivity contribution is 5.94. The maximum absolute atomic E-state index is 12.1. The summed E-state index contributed by atoms with van der Waals surface area (Å²) < 4.78 is 0. The van der Waals surface area contributed by atoms with Crippen LogP contribution in [0.1, 0.15) is 30.1 Å². The van der Waals surface area contributed by atoms with Gasteiger partial charge in [-0.1, -0.05) is 0 Å². The number of amides is 1. The number of piperidine rings is 1. The first-order valence-electron chi connectivity index (χ1n) is 6.16. The van der Waals surface area contributed by atoms with E-state index in [1.165, 1.54) is 0 Å². The van der Waals surface area contributed by atoms with Crippen LogP contribution in [-0.2, 0) is 0 Å². The second-order valence-corrected chi connectivity index (χ2v) is 4.81. The van der Waals surface area contributed by atoms with Crippen LogP contribution in [0.4, 0.5) is 5.95 Å². The van der Waals surface area contributed by atoms with Crippen LogP contribution in [0.5, 0.6) is 0 Å². The number of nitrogens with zero attached hydrogens (tertiary/aromatic N) is 2. The van der Waals surface area contributed by atoms with Gasteiger partial charge < -0.3 is 16.0 Å². The number of nitrogens with one attached hydrogen (secondary N) is 3. The third-order valence-corrected chi connectivity index (χ3v) is 3.26. The molecule has 0 spiro atoms. The Kier molecular flexibility index (Phi) is 5.50. The number of anilines is 1. The van der Waals surface area contributed by atoms with Gasteiger partial charge in [-0.3, -0.25) is 4.79 Å². The van der Waals surface area contributed by atoms with Crippen LogP contribution in [0.25, 0.3) is 0 Å². The van der Waals surface area contributed by atoms with Crippen molar-refractivity contribution >= 4 is 24.3 Å². The Morgan fingerprint density at radius 3 is 2.42 bits per heavy atom. The molecule has 19 heavy (non-hydrogen) atoms. The number of aromatic nitrogens is 2. The van der Waals surface area contributed by atoms with Crippen molar-refractivity contribution in [3.8, 4) is 0 Å². The molecular formula is C12H20ClN5O. The summed E-state index contributed by atoms with van der Waals surface area (Å²) in [5, 5.41) is 9.17.